The van der Waals surface area contributed by atoms with E-state index in [1.165, 1.54) is 38.9 Å². The second-order valence-corrected chi connectivity index (χ2v) is 7.18. The number of fused-ring (bicyclic) bond motifs is 3. The second kappa shape index (κ2) is 8.06. The fourth-order valence-electron chi connectivity index (χ4n) is 3.10. The summed E-state index contributed by atoms with van der Waals surface area (Å²) >= 11 is 1.48. The zero-order valence-corrected chi connectivity index (χ0v) is 15.6. The Labute approximate surface area is 162 Å². The maximum Gasteiger partial charge on any atom is 0.180 e. The summed E-state index contributed by atoms with van der Waals surface area (Å²) in [6.45, 7) is 0. The molecule has 3 nitrogen and oxygen atoms in total. The van der Waals surface area contributed by atoms with Crippen molar-refractivity contribution in [2.75, 3.05) is 0 Å². The first-order valence-electron chi connectivity index (χ1n) is 8.75. The highest BCUT2D eigenvalue weighted by Gasteiger charge is 2.04. The van der Waals surface area contributed by atoms with Gasteiger partial charge >= 0.3 is 0 Å². The molecule has 0 saturated heterocycles. The summed E-state index contributed by atoms with van der Waals surface area (Å²) in [6.07, 6.45) is 1.78. The highest BCUT2D eigenvalue weighted by molar-refractivity contribution is 8.13. The lowest BCUT2D eigenvalue weighted by Gasteiger charge is -2.06. The normalized spacial score (nSPS) is 12.2. The molecule has 4 aromatic rings. The van der Waals surface area contributed by atoms with Crippen LogP contribution in [0.25, 0.3) is 21.5 Å². The zero-order chi connectivity index (χ0) is 18.5. The van der Waals surface area contributed by atoms with Crippen LogP contribution in [-0.4, -0.2) is 11.4 Å². The van der Waals surface area contributed by atoms with Crippen LogP contribution >= 0.6 is 11.8 Å². The number of hydrogen-bond acceptors (Lipinski definition) is 3. The van der Waals surface area contributed by atoms with Gasteiger partial charge in [0.25, 0.3) is 0 Å². The third kappa shape index (κ3) is 4.01. The van der Waals surface area contributed by atoms with E-state index in [1.54, 1.807) is 6.21 Å². The molecule has 0 bridgehead atoms. The summed E-state index contributed by atoms with van der Waals surface area (Å²) in [5.41, 5.74) is 8.24. The van der Waals surface area contributed by atoms with Gasteiger partial charge in [-0.25, -0.2) is 0 Å². The number of thioether (sulfide) groups is 1. The van der Waals surface area contributed by atoms with Crippen LogP contribution in [0, 0.1) is 0 Å². The van der Waals surface area contributed by atoms with Crippen LogP contribution in [0.1, 0.15) is 11.1 Å². The summed E-state index contributed by atoms with van der Waals surface area (Å²) in [4.78, 5) is 0. The third-order valence-corrected chi connectivity index (χ3v) is 5.24. The lowest BCUT2D eigenvalue weighted by Crippen LogP contribution is -2.06. The van der Waals surface area contributed by atoms with Crippen molar-refractivity contribution in [1.82, 2.24) is 0 Å². The molecule has 4 aromatic carbocycles. The number of nitrogens with two attached hydrogens (primary N) is 1. The second-order valence-electron chi connectivity index (χ2n) is 6.19. The summed E-state index contributed by atoms with van der Waals surface area (Å²) < 4.78 is 0. The minimum atomic E-state index is 0.459. The first-order chi connectivity index (χ1) is 13.3. The number of nitrogens with zero attached hydrogens (tertiary/aromatic N) is 2. The number of amidine groups is 1. The Morgan fingerprint density at radius 2 is 1.56 bits per heavy atom. The number of hydrogen-bond donors (Lipinski definition) is 1. The smallest absolute Gasteiger partial charge is 0.180 e. The van der Waals surface area contributed by atoms with Gasteiger partial charge in [-0.3, -0.25) is 0 Å². The van der Waals surface area contributed by atoms with Gasteiger partial charge in [0.2, 0.25) is 0 Å². The predicted molar refractivity (Wildman–Crippen MR) is 118 cm³/mol. The monoisotopic (exact) mass is 369 g/mol. The van der Waals surface area contributed by atoms with Crippen LogP contribution in [0.2, 0.25) is 0 Å². The topological polar surface area (TPSA) is 50.7 Å². The van der Waals surface area contributed by atoms with Gasteiger partial charge < -0.3 is 5.73 Å². The van der Waals surface area contributed by atoms with Gasteiger partial charge in [0.15, 0.2) is 5.17 Å². The molecule has 0 aromatic heterocycles. The van der Waals surface area contributed by atoms with Gasteiger partial charge in [0, 0.05) is 11.3 Å². The number of benzene rings is 4. The predicted octanol–water partition coefficient (Wildman–Crippen LogP) is 5.58. The first-order valence-corrected chi connectivity index (χ1v) is 9.73. The van der Waals surface area contributed by atoms with E-state index < -0.39 is 0 Å². The van der Waals surface area contributed by atoms with E-state index in [2.05, 4.69) is 70.9 Å². The van der Waals surface area contributed by atoms with Gasteiger partial charge in [0.05, 0.1) is 6.21 Å². The molecule has 4 rings (SSSR count). The van der Waals surface area contributed by atoms with Crippen molar-refractivity contribution in [2.24, 2.45) is 15.9 Å². The fraction of sp³-hybridized carbons (Fsp3) is 0.0435. The number of rotatable bonds is 4. The Bertz CT molecular complexity index is 1130. The Kier molecular flexibility index (Phi) is 5.17. The van der Waals surface area contributed by atoms with Crippen molar-refractivity contribution in [3.8, 4) is 0 Å². The Morgan fingerprint density at radius 3 is 2.44 bits per heavy atom. The Morgan fingerprint density at radius 1 is 0.815 bits per heavy atom. The molecule has 0 aliphatic heterocycles. The third-order valence-electron chi connectivity index (χ3n) is 4.38. The van der Waals surface area contributed by atoms with Crippen LogP contribution in [0.3, 0.4) is 0 Å². The molecule has 0 atom stereocenters. The van der Waals surface area contributed by atoms with Crippen LogP contribution < -0.4 is 5.73 Å². The van der Waals surface area contributed by atoms with E-state index in [1.807, 2.05) is 24.3 Å². The van der Waals surface area contributed by atoms with Crippen molar-refractivity contribution < 1.29 is 0 Å². The van der Waals surface area contributed by atoms with Crippen molar-refractivity contribution in [3.05, 3.63) is 96.1 Å². The molecule has 0 amide bonds. The van der Waals surface area contributed by atoms with Crippen molar-refractivity contribution in [2.45, 2.75) is 5.75 Å². The van der Waals surface area contributed by atoms with Crippen LogP contribution in [0.4, 0.5) is 0 Å². The molecule has 0 radical (unpaired) electrons. The minimum Gasteiger partial charge on any atom is -0.377 e. The molecule has 0 aliphatic rings. The Hall–Kier alpha value is -3.11. The lowest BCUT2D eigenvalue weighted by molar-refractivity contribution is 1.25. The molecule has 132 valence electrons. The van der Waals surface area contributed by atoms with Crippen LogP contribution in [-0.2, 0) is 5.75 Å². The highest BCUT2D eigenvalue weighted by Crippen LogP contribution is 2.27. The summed E-state index contributed by atoms with van der Waals surface area (Å²) in [5.74, 6) is 0.782. The molecule has 0 heterocycles. The summed E-state index contributed by atoms with van der Waals surface area (Å²) in [6, 6.07) is 29.1. The molecular formula is C23H19N3S. The van der Waals surface area contributed by atoms with E-state index >= 15 is 0 Å². The first kappa shape index (κ1) is 17.3. The molecular weight excluding hydrogens is 350 g/mol. The molecule has 0 fully saturated rings. The summed E-state index contributed by atoms with van der Waals surface area (Å²) in [5, 5.41) is 13.6. The molecule has 2 N–H and O–H groups in total. The van der Waals surface area contributed by atoms with E-state index in [0.717, 1.165) is 11.3 Å². The average molecular weight is 369 g/mol. The SMILES string of the molecule is NC(=NN=Cc1cccc2ccc3ccccc3c12)SCc1ccccc1. The van der Waals surface area contributed by atoms with Gasteiger partial charge in [0.1, 0.15) is 0 Å². The molecule has 27 heavy (non-hydrogen) atoms. The molecule has 0 aliphatic carbocycles. The van der Waals surface area contributed by atoms with E-state index in [4.69, 9.17) is 5.73 Å². The zero-order valence-electron chi connectivity index (χ0n) is 14.7. The van der Waals surface area contributed by atoms with Crippen molar-refractivity contribution >= 4 is 44.7 Å². The quantitative estimate of drug-likeness (QED) is 0.221. The fourth-order valence-corrected chi connectivity index (χ4v) is 3.72. The van der Waals surface area contributed by atoms with E-state index in [0.29, 0.717) is 5.17 Å². The molecule has 4 heteroatoms. The molecule has 0 spiro atoms. The standard InChI is InChI=1S/C23H19N3S/c24-23(27-16-17-7-2-1-3-8-17)26-25-15-20-11-6-10-19-14-13-18-9-4-5-12-21(18)22(19)20/h1-15H,16H2,(H2,24,26). The highest BCUT2D eigenvalue weighted by atomic mass is 32.2. The van der Waals surface area contributed by atoms with Gasteiger partial charge in [-0.05, 0) is 27.1 Å². The molecule has 0 unspecified atom stereocenters. The molecule has 0 saturated carbocycles. The van der Waals surface area contributed by atoms with Crippen LogP contribution in [0.15, 0.2) is 95.1 Å². The van der Waals surface area contributed by atoms with E-state index in [9.17, 15) is 0 Å². The van der Waals surface area contributed by atoms with Crippen molar-refractivity contribution in [3.63, 3.8) is 0 Å². The van der Waals surface area contributed by atoms with Gasteiger partial charge in [-0.15, -0.1) is 5.10 Å². The largest absolute Gasteiger partial charge is 0.377 e. The maximum absolute atomic E-state index is 5.99. The van der Waals surface area contributed by atoms with E-state index in [-0.39, 0.29) is 0 Å². The lowest BCUT2D eigenvalue weighted by atomic mass is 9.98. The Balaban J connectivity index is 1.58. The van der Waals surface area contributed by atoms with Gasteiger partial charge in [-0.2, -0.15) is 5.10 Å². The van der Waals surface area contributed by atoms with Crippen LogP contribution in [0.5, 0.6) is 0 Å². The van der Waals surface area contributed by atoms with Gasteiger partial charge in [-0.1, -0.05) is 96.7 Å². The maximum atomic E-state index is 5.99. The summed E-state index contributed by atoms with van der Waals surface area (Å²) in [7, 11) is 0. The van der Waals surface area contributed by atoms with Crippen molar-refractivity contribution in [1.29, 1.82) is 0 Å². The average Bonchev–Trinajstić information content (AvgIpc) is 2.73. The minimum absolute atomic E-state index is 0.459.